The van der Waals surface area contributed by atoms with Gasteiger partial charge < -0.3 is 9.88 Å². The van der Waals surface area contributed by atoms with Gasteiger partial charge in [-0.3, -0.25) is 0 Å². The van der Waals surface area contributed by atoms with Crippen molar-refractivity contribution in [1.82, 2.24) is 19.3 Å². The van der Waals surface area contributed by atoms with Crippen LogP contribution < -0.4 is 10.0 Å². The van der Waals surface area contributed by atoms with Crippen LogP contribution in [0, 0.1) is 6.92 Å². The molecule has 0 saturated heterocycles. The largest absolute Gasteiger partial charge is 0.333 e. The summed E-state index contributed by atoms with van der Waals surface area (Å²) >= 11 is 0. The number of hydrogen-bond acceptors (Lipinski definition) is 5. The number of nitrogens with zero attached hydrogens (tertiary/aromatic N) is 3. The lowest BCUT2D eigenvalue weighted by Gasteiger charge is -2.20. The maximum Gasteiger partial charge on any atom is 0.333 e. The number of hydrogen-bond donors (Lipinski definition) is 2. The van der Waals surface area contributed by atoms with Gasteiger partial charge in [0.15, 0.2) is 5.65 Å². The first-order valence-corrected chi connectivity index (χ1v) is 17.0. The summed E-state index contributed by atoms with van der Waals surface area (Å²) in [6.45, 7) is 10.9. The highest BCUT2D eigenvalue weighted by molar-refractivity contribution is 7.90. The number of carbonyl (C=O) groups is 1. The fourth-order valence-corrected chi connectivity index (χ4v) is 7.03. The Balaban J connectivity index is 1.25. The molecule has 2 N–H and O–H groups in total. The van der Waals surface area contributed by atoms with Gasteiger partial charge in [-0.15, -0.1) is 0 Å². The average molecular weight is 622 g/mol. The van der Waals surface area contributed by atoms with Gasteiger partial charge in [-0.25, -0.2) is 27.9 Å². The van der Waals surface area contributed by atoms with Crippen molar-refractivity contribution >= 4 is 32.9 Å². The number of aryl methyl sites for hydroxylation is 1. The van der Waals surface area contributed by atoms with Gasteiger partial charge in [-0.1, -0.05) is 88.4 Å². The van der Waals surface area contributed by atoms with Crippen LogP contribution in [0.25, 0.3) is 22.3 Å². The van der Waals surface area contributed by atoms with Crippen molar-refractivity contribution in [2.45, 2.75) is 76.7 Å². The highest BCUT2D eigenvalue weighted by Crippen LogP contribution is 2.41. The van der Waals surface area contributed by atoms with E-state index in [1.165, 1.54) is 6.07 Å². The van der Waals surface area contributed by atoms with E-state index < -0.39 is 16.1 Å². The van der Waals surface area contributed by atoms with Crippen LogP contribution in [0.3, 0.4) is 0 Å². The molecule has 1 aliphatic carbocycles. The second kappa shape index (κ2) is 12.1. The molecule has 0 radical (unpaired) electrons. The number of imidazole rings is 1. The normalized spacial score (nSPS) is 13.5. The van der Waals surface area contributed by atoms with Crippen LogP contribution in [0.1, 0.15) is 86.4 Å². The molecule has 45 heavy (non-hydrogen) atoms. The number of pyridine rings is 1. The second-order valence-electron chi connectivity index (χ2n) is 12.5. The third-order valence-corrected chi connectivity index (χ3v) is 9.82. The van der Waals surface area contributed by atoms with Gasteiger partial charge in [0.1, 0.15) is 11.3 Å². The molecule has 1 saturated carbocycles. The summed E-state index contributed by atoms with van der Waals surface area (Å²) in [5.41, 5.74) is 7.81. The fraction of sp³-hybridized carbons (Fsp3) is 0.306. The maximum absolute atomic E-state index is 13.6. The number of carbonyl (C=O) groups excluding carboxylic acids is 1. The third-order valence-electron chi connectivity index (χ3n) is 8.43. The minimum Gasteiger partial charge on any atom is -0.308 e. The molecule has 232 valence electrons. The Labute approximate surface area is 265 Å². The van der Waals surface area contributed by atoms with Crippen LogP contribution in [0.15, 0.2) is 83.9 Å². The van der Waals surface area contributed by atoms with Crippen molar-refractivity contribution in [3.05, 3.63) is 107 Å². The van der Waals surface area contributed by atoms with E-state index in [0.29, 0.717) is 23.7 Å². The summed E-state index contributed by atoms with van der Waals surface area (Å²) < 4.78 is 31.7. The number of rotatable bonds is 9. The van der Waals surface area contributed by atoms with Crippen molar-refractivity contribution in [3.63, 3.8) is 0 Å². The minimum absolute atomic E-state index is 0.0328. The first kappa shape index (κ1) is 30.5. The number of aromatic nitrogens is 3. The molecule has 0 aliphatic heterocycles. The molecule has 0 atom stereocenters. The molecule has 0 bridgehead atoms. The monoisotopic (exact) mass is 621 g/mol. The Morgan fingerprint density at radius 3 is 2.22 bits per heavy atom. The summed E-state index contributed by atoms with van der Waals surface area (Å²) in [6.07, 6.45) is 4.11. The average Bonchev–Trinajstić information content (AvgIpc) is 3.79. The van der Waals surface area contributed by atoms with Gasteiger partial charge in [0, 0.05) is 23.4 Å². The van der Waals surface area contributed by atoms with Crippen molar-refractivity contribution in [2.24, 2.45) is 0 Å². The van der Waals surface area contributed by atoms with Crippen LogP contribution in [-0.2, 0) is 16.6 Å². The van der Waals surface area contributed by atoms with Crippen molar-refractivity contribution < 1.29 is 13.2 Å². The molecule has 0 unspecified atom stereocenters. The predicted molar refractivity (Wildman–Crippen MR) is 179 cm³/mol. The number of para-hydroxylation sites is 1. The smallest absolute Gasteiger partial charge is 0.308 e. The number of anilines is 1. The van der Waals surface area contributed by atoms with E-state index in [1.54, 1.807) is 18.2 Å². The van der Waals surface area contributed by atoms with Crippen LogP contribution in [-0.4, -0.2) is 29.0 Å². The molecule has 9 heteroatoms. The predicted octanol–water partition coefficient (Wildman–Crippen LogP) is 8.09. The number of urea groups is 1. The Bertz CT molecular complexity index is 1970. The molecular weight excluding hydrogens is 582 g/mol. The van der Waals surface area contributed by atoms with Gasteiger partial charge in [-0.2, -0.15) is 0 Å². The molecule has 1 fully saturated rings. The van der Waals surface area contributed by atoms with Gasteiger partial charge in [0.05, 0.1) is 11.4 Å². The van der Waals surface area contributed by atoms with E-state index >= 15 is 0 Å². The Kier molecular flexibility index (Phi) is 8.22. The summed E-state index contributed by atoms with van der Waals surface area (Å²) in [7, 11) is -4.20. The number of nitrogens with one attached hydrogen (secondary N) is 2. The molecular formula is C36H39N5O3S. The first-order valence-electron chi connectivity index (χ1n) is 15.5. The fourth-order valence-electron chi connectivity index (χ4n) is 5.89. The standard InChI is InChI=1S/C36H39N5O3S/c1-22(2)28-10-8-11-29(23(3)4)33(28)39-36(42)40-45(43,44)31-12-7-6-9-30(31)26-15-13-25(14-16-26)21-41-34(27-17-18-27)38-32-24(5)19-20-37-35(32)41/h6-16,19-20,22-23,27H,17-18,21H2,1-5H3,(H2,39,40,42). The lowest BCUT2D eigenvalue weighted by Crippen LogP contribution is -2.35. The molecule has 5 aromatic rings. The van der Waals surface area contributed by atoms with E-state index in [9.17, 15) is 13.2 Å². The molecule has 1 aliphatic rings. The molecule has 2 aromatic heterocycles. The minimum atomic E-state index is -4.20. The van der Waals surface area contributed by atoms with Gasteiger partial charge >= 0.3 is 6.03 Å². The van der Waals surface area contributed by atoms with Crippen molar-refractivity contribution in [1.29, 1.82) is 0 Å². The van der Waals surface area contributed by atoms with Crippen molar-refractivity contribution in [3.8, 4) is 11.1 Å². The number of amides is 2. The highest BCUT2D eigenvalue weighted by atomic mass is 32.2. The second-order valence-corrected chi connectivity index (χ2v) is 14.2. The quantitative estimate of drug-likeness (QED) is 0.173. The molecule has 2 amide bonds. The van der Waals surface area contributed by atoms with Crippen molar-refractivity contribution in [2.75, 3.05) is 5.32 Å². The Morgan fingerprint density at radius 1 is 0.911 bits per heavy atom. The molecule has 3 aromatic carbocycles. The van der Waals surface area contributed by atoms with E-state index in [1.807, 2.05) is 82.4 Å². The molecule has 2 heterocycles. The zero-order valence-corrected chi connectivity index (χ0v) is 27.2. The highest BCUT2D eigenvalue weighted by Gasteiger charge is 2.30. The van der Waals surface area contributed by atoms with Gasteiger partial charge in [0.25, 0.3) is 10.0 Å². The van der Waals surface area contributed by atoms with E-state index in [2.05, 4.69) is 26.5 Å². The lowest BCUT2D eigenvalue weighted by molar-refractivity contribution is 0.256. The van der Waals surface area contributed by atoms with Crippen LogP contribution >= 0.6 is 0 Å². The third kappa shape index (κ3) is 6.22. The first-order chi connectivity index (χ1) is 21.5. The number of fused-ring (bicyclic) bond motifs is 1. The van der Waals surface area contributed by atoms with Crippen LogP contribution in [0.5, 0.6) is 0 Å². The van der Waals surface area contributed by atoms with E-state index in [0.717, 1.165) is 57.6 Å². The van der Waals surface area contributed by atoms with Crippen LogP contribution in [0.4, 0.5) is 10.5 Å². The number of benzene rings is 3. The Hall–Kier alpha value is -4.50. The maximum atomic E-state index is 13.6. The van der Waals surface area contributed by atoms with E-state index in [4.69, 9.17) is 4.98 Å². The molecule has 0 spiro atoms. The zero-order valence-electron chi connectivity index (χ0n) is 26.3. The summed E-state index contributed by atoms with van der Waals surface area (Å²) in [6, 6.07) is 21.7. The summed E-state index contributed by atoms with van der Waals surface area (Å²) in [5, 5.41) is 2.85. The Morgan fingerprint density at radius 2 is 1.58 bits per heavy atom. The SMILES string of the molecule is Cc1ccnc2c1nc(C1CC1)n2Cc1ccc(-c2ccccc2S(=O)(=O)NC(=O)Nc2c(C(C)C)cccc2C(C)C)cc1. The summed E-state index contributed by atoms with van der Waals surface area (Å²) in [5.74, 6) is 1.84. The molecule has 8 nitrogen and oxygen atoms in total. The van der Waals surface area contributed by atoms with Crippen LogP contribution in [0.2, 0.25) is 0 Å². The molecule has 6 rings (SSSR count). The van der Waals surface area contributed by atoms with Gasteiger partial charge in [0.2, 0.25) is 0 Å². The number of sulfonamides is 1. The zero-order chi connectivity index (χ0) is 31.9. The van der Waals surface area contributed by atoms with E-state index in [-0.39, 0.29) is 16.7 Å². The van der Waals surface area contributed by atoms with Gasteiger partial charge in [-0.05, 0) is 71.6 Å². The topological polar surface area (TPSA) is 106 Å². The summed E-state index contributed by atoms with van der Waals surface area (Å²) in [4.78, 5) is 22.8. The lowest BCUT2D eigenvalue weighted by atomic mass is 9.93.